The molecule has 2 nitrogen and oxygen atoms in total. The van der Waals surface area contributed by atoms with Crippen LogP contribution in [0.1, 0.15) is 25.7 Å². The molecule has 1 saturated carbocycles. The van der Waals surface area contributed by atoms with Gasteiger partial charge in [0.05, 0.1) is 18.0 Å². The summed E-state index contributed by atoms with van der Waals surface area (Å²) in [7, 11) is 0. The van der Waals surface area contributed by atoms with Gasteiger partial charge in [0, 0.05) is 5.70 Å². The van der Waals surface area contributed by atoms with Crippen molar-refractivity contribution in [3.63, 3.8) is 0 Å². The highest BCUT2D eigenvalue weighted by molar-refractivity contribution is 8.16. The fourth-order valence-corrected chi connectivity index (χ4v) is 3.88. The molecular formula is C10H13ClN2S. The van der Waals surface area contributed by atoms with Crippen molar-refractivity contribution in [1.29, 1.82) is 0 Å². The minimum atomic E-state index is 0.554. The Kier molecular flexibility index (Phi) is 2.25. The van der Waals surface area contributed by atoms with Crippen molar-refractivity contribution in [2.24, 2.45) is 4.99 Å². The third-order valence-electron chi connectivity index (χ3n) is 3.25. The zero-order valence-corrected chi connectivity index (χ0v) is 9.52. The highest BCUT2D eigenvalue weighted by Crippen LogP contribution is 2.40. The van der Waals surface area contributed by atoms with E-state index in [0.29, 0.717) is 18.0 Å². The Morgan fingerprint density at radius 3 is 3.21 bits per heavy atom. The molecule has 0 aromatic rings. The average Bonchev–Trinajstić information content (AvgIpc) is 2.75. The van der Waals surface area contributed by atoms with Crippen LogP contribution in [0.5, 0.6) is 0 Å². The van der Waals surface area contributed by atoms with Gasteiger partial charge in [0.2, 0.25) is 0 Å². The second kappa shape index (κ2) is 3.46. The van der Waals surface area contributed by atoms with E-state index < -0.39 is 0 Å². The highest BCUT2D eigenvalue weighted by Gasteiger charge is 2.41. The quantitative estimate of drug-likeness (QED) is 0.642. The van der Waals surface area contributed by atoms with E-state index in [2.05, 4.69) is 10.3 Å². The van der Waals surface area contributed by atoms with Gasteiger partial charge in [-0.3, -0.25) is 4.99 Å². The van der Waals surface area contributed by atoms with Crippen LogP contribution in [0.2, 0.25) is 0 Å². The van der Waals surface area contributed by atoms with Crippen molar-refractivity contribution in [3.8, 4) is 0 Å². The lowest BCUT2D eigenvalue weighted by molar-refractivity contribution is 0.285. The summed E-state index contributed by atoms with van der Waals surface area (Å²) < 4.78 is 0. The number of allylic oxidation sites excluding steroid dienone is 1. The summed E-state index contributed by atoms with van der Waals surface area (Å²) >= 11 is 7.67. The smallest absolute Gasteiger partial charge is 0.168 e. The number of amidine groups is 1. The molecule has 0 saturated heterocycles. The van der Waals surface area contributed by atoms with Crippen molar-refractivity contribution in [3.05, 3.63) is 11.1 Å². The highest BCUT2D eigenvalue weighted by atomic mass is 35.5. The number of fused-ring (bicyclic) bond motifs is 3. The normalized spacial score (nSPS) is 35.1. The monoisotopic (exact) mass is 228 g/mol. The number of rotatable bonds is 1. The molecule has 0 amide bonds. The lowest BCUT2D eigenvalue weighted by Crippen LogP contribution is -2.38. The predicted molar refractivity (Wildman–Crippen MR) is 61.7 cm³/mol. The van der Waals surface area contributed by atoms with Crippen LogP contribution in [0, 0.1) is 0 Å². The van der Waals surface area contributed by atoms with Crippen molar-refractivity contribution >= 4 is 28.5 Å². The molecular weight excluding hydrogens is 216 g/mol. The van der Waals surface area contributed by atoms with Crippen molar-refractivity contribution < 1.29 is 0 Å². The van der Waals surface area contributed by atoms with Gasteiger partial charge in [0.1, 0.15) is 0 Å². The molecule has 0 radical (unpaired) electrons. The van der Waals surface area contributed by atoms with E-state index in [1.807, 2.05) is 0 Å². The number of nitrogens with zero attached hydrogens (tertiary/aromatic N) is 2. The van der Waals surface area contributed by atoms with Crippen molar-refractivity contribution in [1.82, 2.24) is 4.90 Å². The molecule has 2 aliphatic heterocycles. The summed E-state index contributed by atoms with van der Waals surface area (Å²) in [6.07, 6.45) is 5.24. The number of hydrogen-bond donors (Lipinski definition) is 0. The number of aliphatic imine (C=N–C) groups is 1. The van der Waals surface area contributed by atoms with Crippen LogP contribution in [0.3, 0.4) is 0 Å². The molecule has 2 atom stereocenters. The Morgan fingerprint density at radius 2 is 2.36 bits per heavy atom. The van der Waals surface area contributed by atoms with Gasteiger partial charge < -0.3 is 4.90 Å². The fourth-order valence-electron chi connectivity index (χ4n) is 2.59. The summed E-state index contributed by atoms with van der Waals surface area (Å²) in [6, 6.07) is 1.18. The van der Waals surface area contributed by atoms with Gasteiger partial charge in [-0.15, -0.1) is 11.6 Å². The SMILES string of the molecule is ClCC1=CSC2=N[C@@H]3CCCCC3N12. The molecule has 0 spiro atoms. The predicted octanol–water partition coefficient (Wildman–Crippen LogP) is 2.80. The lowest BCUT2D eigenvalue weighted by Gasteiger charge is -2.31. The van der Waals surface area contributed by atoms with Crippen LogP contribution in [0.4, 0.5) is 0 Å². The number of hydrogen-bond acceptors (Lipinski definition) is 3. The number of alkyl halides is 1. The van der Waals surface area contributed by atoms with E-state index in [9.17, 15) is 0 Å². The van der Waals surface area contributed by atoms with Gasteiger partial charge in [-0.05, 0) is 18.2 Å². The van der Waals surface area contributed by atoms with Crippen LogP contribution in [-0.2, 0) is 0 Å². The molecule has 14 heavy (non-hydrogen) atoms. The zero-order valence-electron chi connectivity index (χ0n) is 7.95. The molecule has 3 rings (SSSR count). The van der Waals surface area contributed by atoms with Gasteiger partial charge in [-0.1, -0.05) is 24.6 Å². The Balaban J connectivity index is 1.88. The summed E-state index contributed by atoms with van der Waals surface area (Å²) in [5.74, 6) is 0.620. The lowest BCUT2D eigenvalue weighted by atomic mass is 9.91. The van der Waals surface area contributed by atoms with E-state index in [1.165, 1.54) is 36.5 Å². The van der Waals surface area contributed by atoms with Gasteiger partial charge in [0.25, 0.3) is 0 Å². The minimum absolute atomic E-state index is 0.554. The second-order valence-electron chi connectivity index (χ2n) is 4.06. The third kappa shape index (κ3) is 1.22. The van der Waals surface area contributed by atoms with Crippen molar-refractivity contribution in [2.45, 2.75) is 37.8 Å². The average molecular weight is 229 g/mol. The molecule has 0 bridgehead atoms. The number of thioether (sulfide) groups is 1. The zero-order chi connectivity index (χ0) is 9.54. The summed E-state index contributed by atoms with van der Waals surface area (Å²) in [4.78, 5) is 7.14. The van der Waals surface area contributed by atoms with Crippen LogP contribution < -0.4 is 0 Å². The first-order valence-electron chi connectivity index (χ1n) is 5.19. The first-order valence-corrected chi connectivity index (χ1v) is 6.60. The molecule has 4 heteroatoms. The maximum atomic E-state index is 5.93. The molecule has 0 aromatic heterocycles. The van der Waals surface area contributed by atoms with Gasteiger partial charge in [-0.2, -0.15) is 0 Å². The largest absolute Gasteiger partial charge is 0.318 e. The molecule has 3 aliphatic rings. The summed E-state index contributed by atoms with van der Waals surface area (Å²) in [5, 5.41) is 3.34. The van der Waals surface area contributed by atoms with Gasteiger partial charge in [0.15, 0.2) is 5.17 Å². The molecule has 0 aromatic carbocycles. The molecule has 0 N–H and O–H groups in total. The topological polar surface area (TPSA) is 15.6 Å². The molecule has 2 heterocycles. The van der Waals surface area contributed by atoms with Crippen LogP contribution in [0.25, 0.3) is 0 Å². The summed E-state index contributed by atoms with van der Waals surface area (Å²) in [6.45, 7) is 0. The van der Waals surface area contributed by atoms with Gasteiger partial charge in [-0.25, -0.2) is 0 Å². The van der Waals surface area contributed by atoms with E-state index >= 15 is 0 Å². The Morgan fingerprint density at radius 1 is 1.50 bits per heavy atom. The minimum Gasteiger partial charge on any atom is -0.318 e. The molecule has 1 unspecified atom stereocenters. The van der Waals surface area contributed by atoms with Crippen LogP contribution in [0.15, 0.2) is 16.1 Å². The van der Waals surface area contributed by atoms with Gasteiger partial charge >= 0.3 is 0 Å². The summed E-state index contributed by atoms with van der Waals surface area (Å²) in [5.41, 5.74) is 1.25. The Bertz CT molecular complexity index is 313. The number of halogens is 1. The second-order valence-corrected chi connectivity index (χ2v) is 5.17. The molecule has 1 aliphatic carbocycles. The first kappa shape index (κ1) is 9.10. The standard InChI is InChI=1S/C10H13ClN2S/c11-5-7-6-14-10-12-8-3-1-2-4-9(8)13(7)10/h6,8-9H,1-5H2/t8-,9?/m1/s1. The molecule has 1 fully saturated rings. The van der Waals surface area contributed by atoms with E-state index in [1.54, 1.807) is 11.8 Å². The maximum Gasteiger partial charge on any atom is 0.168 e. The van der Waals surface area contributed by atoms with E-state index in [0.717, 1.165) is 0 Å². The van der Waals surface area contributed by atoms with Crippen LogP contribution in [-0.4, -0.2) is 28.0 Å². The first-order chi connectivity index (χ1) is 6.90. The molecule has 76 valence electrons. The Hall–Kier alpha value is -0.150. The van der Waals surface area contributed by atoms with Crippen molar-refractivity contribution in [2.75, 3.05) is 5.88 Å². The maximum absolute atomic E-state index is 5.93. The van der Waals surface area contributed by atoms with E-state index in [4.69, 9.17) is 16.6 Å². The Labute approximate surface area is 93.4 Å². The third-order valence-corrected chi connectivity index (χ3v) is 4.43. The van der Waals surface area contributed by atoms with Crippen LogP contribution >= 0.6 is 23.4 Å². The fraction of sp³-hybridized carbons (Fsp3) is 0.700. The van der Waals surface area contributed by atoms with E-state index in [-0.39, 0.29) is 0 Å².